The Morgan fingerprint density at radius 1 is 1.53 bits per heavy atom. The van der Waals surface area contributed by atoms with E-state index in [1.807, 2.05) is 11.5 Å². The fourth-order valence-electron chi connectivity index (χ4n) is 1.77. The number of carboxylic acid groups (broad SMARTS) is 1. The first-order chi connectivity index (χ1) is 7.67. The number of benzene rings is 1. The Morgan fingerprint density at radius 2 is 2.24 bits per heavy atom. The number of aromatic carboxylic acids is 1. The topological polar surface area (TPSA) is 55.1 Å². The van der Waals surface area contributed by atoms with E-state index < -0.39 is 5.97 Å². The summed E-state index contributed by atoms with van der Waals surface area (Å²) in [4.78, 5) is 15.1. The number of nitrogens with zero attached hydrogens (tertiary/aromatic N) is 2. The molecule has 1 N–H and O–H groups in total. The van der Waals surface area contributed by atoms with Gasteiger partial charge in [-0.3, -0.25) is 0 Å². The minimum atomic E-state index is -0.944. The lowest BCUT2D eigenvalue weighted by Crippen LogP contribution is -1.99. The summed E-state index contributed by atoms with van der Waals surface area (Å²) < 4.78 is 1.98. The van der Waals surface area contributed by atoms with E-state index in [4.69, 9.17) is 16.7 Å². The summed E-state index contributed by atoms with van der Waals surface area (Å²) in [5.74, 6) is 0.146. The summed E-state index contributed by atoms with van der Waals surface area (Å²) in [6, 6.07) is 4.92. The van der Waals surface area contributed by atoms with Crippen LogP contribution in [0.5, 0.6) is 0 Å². The Morgan fingerprint density at radius 3 is 2.76 bits per heavy atom. The van der Waals surface area contributed by atoms with Gasteiger partial charge in [0.25, 0.3) is 0 Å². The van der Waals surface area contributed by atoms with Gasteiger partial charge in [-0.1, -0.05) is 0 Å². The van der Waals surface area contributed by atoms with Gasteiger partial charge >= 0.3 is 5.97 Å². The highest BCUT2D eigenvalue weighted by Crippen LogP contribution is 2.19. The molecule has 0 unspecified atom stereocenters. The van der Waals surface area contributed by atoms with Crippen molar-refractivity contribution in [3.8, 4) is 0 Å². The molecule has 0 fully saturated rings. The van der Waals surface area contributed by atoms with Gasteiger partial charge in [-0.25, -0.2) is 9.78 Å². The largest absolute Gasteiger partial charge is 0.478 e. The zero-order chi connectivity index (χ0) is 11.7. The van der Waals surface area contributed by atoms with Crippen LogP contribution < -0.4 is 0 Å². The second kappa shape index (κ2) is 5.38. The van der Waals surface area contributed by atoms with Crippen molar-refractivity contribution in [2.45, 2.75) is 19.3 Å². The fraction of sp³-hybridized carbons (Fsp3) is 0.273. The van der Waals surface area contributed by atoms with Gasteiger partial charge in [0.05, 0.1) is 22.5 Å². The third-order valence-electron chi connectivity index (χ3n) is 2.51. The molecule has 0 aliphatic heterocycles. The summed E-state index contributed by atoms with van der Waals surface area (Å²) in [5.41, 5.74) is 1.84. The molecule has 0 radical (unpaired) electrons. The SMILES string of the molecule is CCn1c(CCl)nc2cc(C(=O)O)ccc21.Cl. The van der Waals surface area contributed by atoms with E-state index >= 15 is 0 Å². The van der Waals surface area contributed by atoms with Gasteiger partial charge in [0.15, 0.2) is 0 Å². The van der Waals surface area contributed by atoms with Gasteiger partial charge in [0, 0.05) is 6.54 Å². The first kappa shape index (κ1) is 13.8. The maximum absolute atomic E-state index is 10.8. The Kier molecular flexibility index (Phi) is 4.37. The predicted molar refractivity (Wildman–Crippen MR) is 69.2 cm³/mol. The van der Waals surface area contributed by atoms with Crippen molar-refractivity contribution in [2.24, 2.45) is 0 Å². The van der Waals surface area contributed by atoms with E-state index in [2.05, 4.69) is 4.98 Å². The third-order valence-corrected chi connectivity index (χ3v) is 2.75. The van der Waals surface area contributed by atoms with Crippen molar-refractivity contribution in [1.29, 1.82) is 0 Å². The number of fused-ring (bicyclic) bond motifs is 1. The van der Waals surface area contributed by atoms with Gasteiger partial charge in [0.2, 0.25) is 0 Å². The first-order valence-electron chi connectivity index (χ1n) is 4.95. The fourth-order valence-corrected chi connectivity index (χ4v) is 1.97. The van der Waals surface area contributed by atoms with Gasteiger partial charge < -0.3 is 9.67 Å². The Labute approximate surface area is 110 Å². The van der Waals surface area contributed by atoms with E-state index in [1.165, 1.54) is 0 Å². The lowest BCUT2D eigenvalue weighted by molar-refractivity contribution is 0.0697. The van der Waals surface area contributed by atoms with Crippen LogP contribution in [0.4, 0.5) is 0 Å². The second-order valence-electron chi connectivity index (χ2n) is 3.41. The molecule has 1 aromatic carbocycles. The smallest absolute Gasteiger partial charge is 0.335 e. The summed E-state index contributed by atoms with van der Waals surface area (Å²) in [7, 11) is 0. The van der Waals surface area contributed by atoms with Gasteiger partial charge in [0.1, 0.15) is 5.82 Å². The molecule has 1 heterocycles. The maximum Gasteiger partial charge on any atom is 0.335 e. The molecule has 2 rings (SSSR count). The molecule has 17 heavy (non-hydrogen) atoms. The third kappa shape index (κ3) is 2.37. The normalized spacial score (nSPS) is 10.2. The molecule has 0 atom stereocenters. The quantitative estimate of drug-likeness (QED) is 0.876. The van der Waals surface area contributed by atoms with Gasteiger partial charge in [-0.05, 0) is 25.1 Å². The minimum Gasteiger partial charge on any atom is -0.478 e. The molecule has 0 aliphatic rings. The molecule has 4 nitrogen and oxygen atoms in total. The molecule has 0 saturated carbocycles. The molecular weight excluding hydrogens is 263 g/mol. The summed E-state index contributed by atoms with van der Waals surface area (Å²) in [6.07, 6.45) is 0. The lowest BCUT2D eigenvalue weighted by atomic mass is 10.2. The molecule has 0 amide bonds. The van der Waals surface area contributed by atoms with Crippen LogP contribution in [0.25, 0.3) is 11.0 Å². The first-order valence-corrected chi connectivity index (χ1v) is 5.49. The maximum atomic E-state index is 10.8. The summed E-state index contributed by atoms with van der Waals surface area (Å²) in [6.45, 7) is 2.77. The zero-order valence-corrected chi connectivity index (χ0v) is 10.8. The number of hydrogen-bond acceptors (Lipinski definition) is 2. The minimum absolute atomic E-state index is 0. The average Bonchev–Trinajstić information content (AvgIpc) is 2.65. The number of halogens is 2. The van der Waals surface area contributed by atoms with Crippen molar-refractivity contribution in [3.63, 3.8) is 0 Å². The van der Waals surface area contributed by atoms with Crippen LogP contribution in [0.3, 0.4) is 0 Å². The van der Waals surface area contributed by atoms with E-state index in [-0.39, 0.29) is 18.0 Å². The highest BCUT2D eigenvalue weighted by molar-refractivity contribution is 6.16. The van der Waals surface area contributed by atoms with E-state index in [1.54, 1.807) is 18.2 Å². The van der Waals surface area contributed by atoms with Crippen LogP contribution in [0.1, 0.15) is 23.1 Å². The summed E-state index contributed by atoms with van der Waals surface area (Å²) in [5, 5.41) is 8.87. The molecular formula is C11H12Cl2N2O2. The van der Waals surface area contributed by atoms with E-state index in [0.717, 1.165) is 17.9 Å². The van der Waals surface area contributed by atoms with Crippen LogP contribution in [0, 0.1) is 0 Å². The highest BCUT2D eigenvalue weighted by Gasteiger charge is 2.11. The lowest BCUT2D eigenvalue weighted by Gasteiger charge is -2.02. The van der Waals surface area contributed by atoms with Crippen molar-refractivity contribution in [3.05, 3.63) is 29.6 Å². The van der Waals surface area contributed by atoms with Crippen LogP contribution in [0.15, 0.2) is 18.2 Å². The highest BCUT2D eigenvalue weighted by atomic mass is 35.5. The number of rotatable bonds is 3. The molecule has 92 valence electrons. The van der Waals surface area contributed by atoms with Gasteiger partial charge in [-0.2, -0.15) is 0 Å². The molecule has 1 aromatic heterocycles. The number of aromatic nitrogens is 2. The molecule has 2 aromatic rings. The molecule has 0 saturated heterocycles. The van der Waals surface area contributed by atoms with E-state index in [0.29, 0.717) is 11.4 Å². The second-order valence-corrected chi connectivity index (χ2v) is 3.68. The van der Waals surface area contributed by atoms with Crippen LogP contribution in [0.2, 0.25) is 0 Å². The molecule has 0 spiro atoms. The number of carbonyl (C=O) groups is 1. The molecule has 6 heteroatoms. The van der Waals surface area contributed by atoms with Crippen LogP contribution in [-0.2, 0) is 12.4 Å². The number of alkyl halides is 1. The van der Waals surface area contributed by atoms with Crippen molar-refractivity contribution in [2.75, 3.05) is 0 Å². The van der Waals surface area contributed by atoms with Crippen LogP contribution in [-0.4, -0.2) is 20.6 Å². The molecule has 0 bridgehead atoms. The van der Waals surface area contributed by atoms with Gasteiger partial charge in [-0.15, -0.1) is 24.0 Å². The Bertz CT molecular complexity index is 552. The van der Waals surface area contributed by atoms with Crippen molar-refractivity contribution >= 4 is 41.0 Å². The number of imidazole rings is 1. The van der Waals surface area contributed by atoms with E-state index in [9.17, 15) is 4.79 Å². The Balaban J connectivity index is 0.00000144. The summed E-state index contributed by atoms with van der Waals surface area (Å²) >= 11 is 5.78. The van der Waals surface area contributed by atoms with Crippen molar-refractivity contribution in [1.82, 2.24) is 9.55 Å². The number of carboxylic acids is 1. The number of aryl methyl sites for hydroxylation is 1. The monoisotopic (exact) mass is 274 g/mol. The average molecular weight is 275 g/mol. The van der Waals surface area contributed by atoms with Crippen LogP contribution >= 0.6 is 24.0 Å². The standard InChI is InChI=1S/C11H11ClN2O2.ClH/c1-2-14-9-4-3-7(11(15)16)5-8(9)13-10(14)6-12;/h3-5H,2,6H2,1H3,(H,15,16);1H. The molecule has 0 aliphatic carbocycles. The Hall–Kier alpha value is -1.26. The number of hydrogen-bond donors (Lipinski definition) is 1. The predicted octanol–water partition coefficient (Wildman–Crippen LogP) is 2.92. The van der Waals surface area contributed by atoms with Crippen molar-refractivity contribution < 1.29 is 9.90 Å². The zero-order valence-electron chi connectivity index (χ0n) is 9.18.